The maximum Gasteiger partial charge on any atom is 0.416 e. The molecule has 0 unspecified atom stereocenters. The number of nitrogens with one attached hydrogen (secondary N) is 2. The smallest absolute Gasteiger partial charge is 0.354 e. The van der Waals surface area contributed by atoms with E-state index >= 15 is 0 Å². The van der Waals surface area contributed by atoms with Crippen LogP contribution in [0.4, 0.5) is 13.2 Å². The highest BCUT2D eigenvalue weighted by molar-refractivity contribution is 5.85. The van der Waals surface area contributed by atoms with Gasteiger partial charge in [-0.25, -0.2) is 0 Å². The van der Waals surface area contributed by atoms with E-state index in [1.165, 1.54) is 18.2 Å². The topological polar surface area (TPSA) is 58.2 Å². The number of carbonyl (C=O) groups excluding carboxylic acids is 2. The zero-order chi connectivity index (χ0) is 19.0. The van der Waals surface area contributed by atoms with Crippen molar-refractivity contribution in [3.8, 4) is 0 Å². The van der Waals surface area contributed by atoms with Gasteiger partial charge in [0, 0.05) is 6.54 Å². The molecule has 0 saturated heterocycles. The lowest BCUT2D eigenvalue weighted by atomic mass is 10.0. The minimum absolute atomic E-state index is 0.0549. The van der Waals surface area contributed by atoms with Crippen molar-refractivity contribution in [1.29, 1.82) is 0 Å². The van der Waals surface area contributed by atoms with Crippen molar-refractivity contribution < 1.29 is 22.8 Å². The van der Waals surface area contributed by atoms with Crippen LogP contribution in [0.15, 0.2) is 54.6 Å². The molecule has 0 fully saturated rings. The number of benzene rings is 2. The molecule has 0 bridgehead atoms. The largest absolute Gasteiger partial charge is 0.416 e. The Morgan fingerprint density at radius 2 is 1.50 bits per heavy atom. The predicted molar refractivity (Wildman–Crippen MR) is 91.3 cm³/mol. The first-order valence-electron chi connectivity index (χ1n) is 8.08. The Hall–Kier alpha value is -2.83. The molecule has 26 heavy (non-hydrogen) atoms. The maximum atomic E-state index is 12.9. The van der Waals surface area contributed by atoms with Gasteiger partial charge in [-0.2, -0.15) is 13.2 Å². The van der Waals surface area contributed by atoms with E-state index in [4.69, 9.17) is 0 Å². The van der Waals surface area contributed by atoms with Gasteiger partial charge < -0.3 is 10.6 Å². The molecule has 0 aliphatic heterocycles. The first-order chi connectivity index (χ1) is 12.4. The van der Waals surface area contributed by atoms with Crippen LogP contribution < -0.4 is 10.6 Å². The molecule has 138 valence electrons. The molecule has 0 atom stereocenters. The summed E-state index contributed by atoms with van der Waals surface area (Å²) in [5.74, 6) is -0.746. The zero-order valence-corrected chi connectivity index (χ0v) is 14.0. The molecule has 0 aliphatic rings. The summed E-state index contributed by atoms with van der Waals surface area (Å²) in [7, 11) is 0. The second-order valence-corrected chi connectivity index (χ2v) is 5.69. The molecule has 0 saturated carbocycles. The van der Waals surface area contributed by atoms with Gasteiger partial charge in [0.15, 0.2) is 0 Å². The van der Waals surface area contributed by atoms with Crippen LogP contribution in [0, 0.1) is 0 Å². The average molecular weight is 364 g/mol. The molecular formula is C19H19F3N2O2. The molecule has 2 aromatic carbocycles. The lowest BCUT2D eigenvalue weighted by molar-refractivity contribution is -0.138. The molecule has 0 heterocycles. The molecule has 0 spiro atoms. The lowest BCUT2D eigenvalue weighted by Gasteiger charge is -2.13. The van der Waals surface area contributed by atoms with E-state index in [0.717, 1.165) is 11.6 Å². The van der Waals surface area contributed by atoms with E-state index < -0.39 is 17.6 Å². The minimum Gasteiger partial charge on any atom is -0.354 e. The summed E-state index contributed by atoms with van der Waals surface area (Å²) in [5.41, 5.74) is 0.244. The fourth-order valence-electron chi connectivity index (χ4n) is 2.44. The number of rotatable bonds is 7. The highest BCUT2D eigenvalue weighted by Gasteiger charge is 2.32. The lowest BCUT2D eigenvalue weighted by Crippen LogP contribution is -2.38. The first-order valence-corrected chi connectivity index (χ1v) is 8.08. The van der Waals surface area contributed by atoms with Gasteiger partial charge in [-0.05, 0) is 23.6 Å². The number of hydrogen-bond acceptors (Lipinski definition) is 2. The monoisotopic (exact) mass is 364 g/mol. The summed E-state index contributed by atoms with van der Waals surface area (Å²) in [6.45, 7) is -0.160. The van der Waals surface area contributed by atoms with Crippen molar-refractivity contribution in [3.63, 3.8) is 0 Å². The number of halogens is 3. The molecule has 0 aromatic heterocycles. The standard InChI is InChI=1S/C19H19F3N2O2/c20-19(21,22)16-9-5-4-8-15(16)10-11-23-18(26)13-24-17(25)12-14-6-2-1-3-7-14/h1-9H,10-13H2,(H,23,26)(H,24,25). The van der Waals surface area contributed by atoms with Crippen LogP contribution in [0.1, 0.15) is 16.7 Å². The quantitative estimate of drug-likeness (QED) is 0.794. The van der Waals surface area contributed by atoms with E-state index in [2.05, 4.69) is 10.6 Å². The van der Waals surface area contributed by atoms with E-state index in [9.17, 15) is 22.8 Å². The van der Waals surface area contributed by atoms with E-state index in [-0.39, 0.29) is 37.4 Å². The van der Waals surface area contributed by atoms with E-state index in [1.807, 2.05) is 18.2 Å². The number of alkyl halides is 3. The molecule has 7 heteroatoms. The summed E-state index contributed by atoms with van der Waals surface area (Å²) >= 11 is 0. The summed E-state index contributed by atoms with van der Waals surface area (Å²) < 4.78 is 38.7. The number of carbonyl (C=O) groups is 2. The molecule has 0 aliphatic carbocycles. The molecule has 2 rings (SSSR count). The molecule has 2 N–H and O–H groups in total. The summed E-state index contributed by atoms with van der Waals surface area (Å²) in [4.78, 5) is 23.5. The SMILES string of the molecule is O=C(CNC(=O)Cc1ccccc1)NCCc1ccccc1C(F)(F)F. The molecule has 2 aromatic rings. The summed E-state index contributed by atoms with van der Waals surface area (Å²) in [6.07, 6.45) is -4.21. The molecule has 0 radical (unpaired) electrons. The Balaban J connectivity index is 1.74. The van der Waals surface area contributed by atoms with Gasteiger partial charge in [0.05, 0.1) is 18.5 Å². The Labute approximate surface area is 149 Å². The number of hydrogen-bond donors (Lipinski definition) is 2. The predicted octanol–water partition coefficient (Wildman–Crippen LogP) is 2.72. The summed E-state index contributed by atoms with van der Waals surface area (Å²) in [5, 5.41) is 4.99. The molecular weight excluding hydrogens is 345 g/mol. The van der Waals surface area contributed by atoms with Gasteiger partial charge in [-0.3, -0.25) is 9.59 Å². The fourth-order valence-corrected chi connectivity index (χ4v) is 2.44. The van der Waals surface area contributed by atoms with Crippen LogP contribution in [0.25, 0.3) is 0 Å². The van der Waals surface area contributed by atoms with Crippen LogP contribution in [0.3, 0.4) is 0 Å². The van der Waals surface area contributed by atoms with Crippen LogP contribution >= 0.6 is 0 Å². The van der Waals surface area contributed by atoms with E-state index in [1.54, 1.807) is 12.1 Å². The van der Waals surface area contributed by atoms with Gasteiger partial charge in [0.2, 0.25) is 11.8 Å². The first kappa shape index (κ1) is 19.5. The third-order valence-corrected chi connectivity index (χ3v) is 3.69. The second-order valence-electron chi connectivity index (χ2n) is 5.69. The van der Waals surface area contributed by atoms with E-state index in [0.29, 0.717) is 0 Å². The normalized spacial score (nSPS) is 11.0. The number of amides is 2. The van der Waals surface area contributed by atoms with Crippen molar-refractivity contribution >= 4 is 11.8 Å². The van der Waals surface area contributed by atoms with Crippen LogP contribution in [-0.2, 0) is 28.6 Å². The van der Waals surface area contributed by atoms with Crippen molar-refractivity contribution in [2.45, 2.75) is 19.0 Å². The Morgan fingerprint density at radius 1 is 0.846 bits per heavy atom. The van der Waals surface area contributed by atoms with Crippen molar-refractivity contribution in [3.05, 3.63) is 71.3 Å². The van der Waals surface area contributed by atoms with Gasteiger partial charge in [-0.1, -0.05) is 48.5 Å². The van der Waals surface area contributed by atoms with Crippen LogP contribution in [0.5, 0.6) is 0 Å². The Kier molecular flexibility index (Phi) is 6.77. The second kappa shape index (κ2) is 9.03. The average Bonchev–Trinajstić information content (AvgIpc) is 2.60. The third kappa shape index (κ3) is 6.23. The zero-order valence-electron chi connectivity index (χ0n) is 14.0. The Bertz CT molecular complexity index is 746. The maximum absolute atomic E-state index is 12.9. The van der Waals surface area contributed by atoms with Gasteiger partial charge >= 0.3 is 6.18 Å². The van der Waals surface area contributed by atoms with Gasteiger partial charge in [0.25, 0.3) is 0 Å². The van der Waals surface area contributed by atoms with Crippen molar-refractivity contribution in [1.82, 2.24) is 10.6 Å². The minimum atomic E-state index is -4.42. The fraction of sp³-hybridized carbons (Fsp3) is 0.263. The highest BCUT2D eigenvalue weighted by atomic mass is 19.4. The van der Waals surface area contributed by atoms with Crippen LogP contribution in [-0.4, -0.2) is 24.9 Å². The molecule has 4 nitrogen and oxygen atoms in total. The van der Waals surface area contributed by atoms with Gasteiger partial charge in [-0.15, -0.1) is 0 Å². The third-order valence-electron chi connectivity index (χ3n) is 3.69. The highest BCUT2D eigenvalue weighted by Crippen LogP contribution is 2.31. The van der Waals surface area contributed by atoms with Crippen LogP contribution in [0.2, 0.25) is 0 Å². The van der Waals surface area contributed by atoms with Crippen molar-refractivity contribution in [2.24, 2.45) is 0 Å². The Morgan fingerprint density at radius 3 is 2.19 bits per heavy atom. The molecule has 2 amide bonds. The van der Waals surface area contributed by atoms with Crippen molar-refractivity contribution in [2.75, 3.05) is 13.1 Å². The summed E-state index contributed by atoms with van der Waals surface area (Å²) in [6, 6.07) is 14.3. The van der Waals surface area contributed by atoms with Gasteiger partial charge in [0.1, 0.15) is 0 Å².